The maximum atomic E-state index is 6.09. The second kappa shape index (κ2) is 4.53. The average Bonchev–Trinajstić information content (AvgIpc) is 2.85. The number of hydrogen-bond donors (Lipinski definition) is 1. The van der Waals surface area contributed by atoms with E-state index in [2.05, 4.69) is 36.0 Å². The number of nitrogens with two attached hydrogens (primary N) is 1. The molecule has 1 unspecified atom stereocenters. The summed E-state index contributed by atoms with van der Waals surface area (Å²) in [6.07, 6.45) is 4.13. The Bertz CT molecular complexity index is 523. The highest BCUT2D eigenvalue weighted by Crippen LogP contribution is 2.21. The first-order valence-electron chi connectivity index (χ1n) is 5.93. The van der Waals surface area contributed by atoms with Gasteiger partial charge in [0, 0.05) is 25.7 Å². The molecule has 2 heterocycles. The second-order valence-corrected chi connectivity index (χ2v) is 5.59. The molecule has 2 aromatic rings. The van der Waals surface area contributed by atoms with E-state index in [4.69, 9.17) is 10.3 Å². The summed E-state index contributed by atoms with van der Waals surface area (Å²) in [5.41, 5.74) is 6.95. The average molecular weight is 249 g/mol. The molecular formula is C12H19N5O. The highest BCUT2D eigenvalue weighted by molar-refractivity contribution is 5.50. The van der Waals surface area contributed by atoms with Gasteiger partial charge in [-0.1, -0.05) is 25.9 Å². The smallest absolute Gasteiger partial charge is 0.228 e. The minimum Gasteiger partial charge on any atom is -0.339 e. The van der Waals surface area contributed by atoms with E-state index in [1.54, 1.807) is 10.9 Å². The lowest BCUT2D eigenvalue weighted by molar-refractivity contribution is 0.286. The van der Waals surface area contributed by atoms with Crippen LogP contribution in [0.3, 0.4) is 0 Å². The topological polar surface area (TPSA) is 82.8 Å². The number of aromatic nitrogens is 4. The monoisotopic (exact) mass is 249 g/mol. The molecule has 1 atom stereocenters. The molecule has 2 N–H and O–H groups in total. The van der Waals surface area contributed by atoms with Crippen LogP contribution in [0.25, 0.3) is 11.4 Å². The van der Waals surface area contributed by atoms with Crippen molar-refractivity contribution in [1.29, 1.82) is 0 Å². The zero-order valence-corrected chi connectivity index (χ0v) is 11.2. The minimum atomic E-state index is -0.0142. The van der Waals surface area contributed by atoms with Crippen LogP contribution in [0.4, 0.5) is 0 Å². The summed E-state index contributed by atoms with van der Waals surface area (Å²) in [5.74, 6) is 1.12. The third kappa shape index (κ3) is 2.76. The number of rotatable bonds is 3. The van der Waals surface area contributed by atoms with E-state index in [-0.39, 0.29) is 11.5 Å². The Morgan fingerprint density at radius 1 is 1.44 bits per heavy atom. The summed E-state index contributed by atoms with van der Waals surface area (Å²) in [5, 5.41) is 8.01. The molecule has 0 aliphatic heterocycles. The minimum absolute atomic E-state index is 0.0142. The lowest BCUT2D eigenvalue weighted by atomic mass is 9.85. The van der Waals surface area contributed by atoms with E-state index in [0.29, 0.717) is 18.1 Å². The second-order valence-electron chi connectivity index (χ2n) is 5.59. The Morgan fingerprint density at radius 3 is 2.72 bits per heavy atom. The van der Waals surface area contributed by atoms with Crippen molar-refractivity contribution >= 4 is 0 Å². The van der Waals surface area contributed by atoms with Gasteiger partial charge in [-0.15, -0.1) is 0 Å². The Kier molecular flexibility index (Phi) is 3.21. The normalized spacial score (nSPS) is 13.8. The molecule has 0 bridgehead atoms. The fourth-order valence-electron chi connectivity index (χ4n) is 1.49. The molecule has 0 radical (unpaired) electrons. The lowest BCUT2D eigenvalue weighted by Crippen LogP contribution is -2.36. The van der Waals surface area contributed by atoms with Crippen LogP contribution in [0.2, 0.25) is 0 Å². The maximum absolute atomic E-state index is 6.09. The molecule has 0 aromatic carbocycles. The number of aryl methyl sites for hydroxylation is 1. The van der Waals surface area contributed by atoms with Gasteiger partial charge in [0.25, 0.3) is 0 Å². The SMILES string of the molecule is Cn1cc(-c2noc(CC(N)C(C)(C)C)n2)cn1. The Morgan fingerprint density at radius 2 is 2.17 bits per heavy atom. The Balaban J connectivity index is 2.12. The Labute approximate surface area is 106 Å². The first kappa shape index (κ1) is 12.8. The molecule has 98 valence electrons. The van der Waals surface area contributed by atoms with Crippen LogP contribution >= 0.6 is 0 Å². The van der Waals surface area contributed by atoms with E-state index in [9.17, 15) is 0 Å². The molecule has 6 heteroatoms. The standard InChI is InChI=1S/C12H19N5O/c1-12(2,3)9(13)5-10-15-11(16-18-10)8-6-14-17(4)7-8/h6-7,9H,5,13H2,1-4H3. The zero-order valence-electron chi connectivity index (χ0n) is 11.2. The summed E-state index contributed by atoms with van der Waals surface area (Å²) < 4.78 is 6.92. The highest BCUT2D eigenvalue weighted by atomic mass is 16.5. The Hall–Kier alpha value is -1.69. The van der Waals surface area contributed by atoms with Crippen LogP contribution in [-0.2, 0) is 13.5 Å². The third-order valence-electron chi connectivity index (χ3n) is 2.94. The molecule has 0 spiro atoms. The molecule has 2 rings (SSSR count). The number of nitrogens with zero attached hydrogens (tertiary/aromatic N) is 4. The van der Waals surface area contributed by atoms with E-state index < -0.39 is 0 Å². The molecule has 0 amide bonds. The molecule has 0 saturated heterocycles. The van der Waals surface area contributed by atoms with Crippen molar-refractivity contribution in [1.82, 2.24) is 19.9 Å². The van der Waals surface area contributed by atoms with Crippen molar-refractivity contribution in [2.75, 3.05) is 0 Å². The van der Waals surface area contributed by atoms with Crippen molar-refractivity contribution in [3.63, 3.8) is 0 Å². The van der Waals surface area contributed by atoms with Crippen LogP contribution in [0, 0.1) is 5.41 Å². The van der Waals surface area contributed by atoms with Gasteiger partial charge in [-0.2, -0.15) is 10.1 Å². The first-order chi connectivity index (χ1) is 8.36. The summed E-state index contributed by atoms with van der Waals surface area (Å²) in [4.78, 5) is 4.34. The number of hydrogen-bond acceptors (Lipinski definition) is 5. The predicted molar refractivity (Wildman–Crippen MR) is 67.6 cm³/mol. The van der Waals surface area contributed by atoms with Gasteiger partial charge in [0.05, 0.1) is 11.8 Å². The highest BCUT2D eigenvalue weighted by Gasteiger charge is 2.23. The van der Waals surface area contributed by atoms with E-state index in [1.165, 1.54) is 0 Å². The molecule has 0 saturated carbocycles. The van der Waals surface area contributed by atoms with E-state index >= 15 is 0 Å². The molecular weight excluding hydrogens is 230 g/mol. The summed E-state index contributed by atoms with van der Waals surface area (Å²) in [7, 11) is 1.85. The van der Waals surface area contributed by atoms with Gasteiger partial charge in [0.15, 0.2) is 0 Å². The van der Waals surface area contributed by atoms with Gasteiger partial charge in [-0.3, -0.25) is 4.68 Å². The molecule has 0 fully saturated rings. The van der Waals surface area contributed by atoms with Crippen molar-refractivity contribution in [2.45, 2.75) is 33.2 Å². The van der Waals surface area contributed by atoms with Gasteiger partial charge in [0.1, 0.15) is 0 Å². The van der Waals surface area contributed by atoms with Crippen LogP contribution in [0.1, 0.15) is 26.7 Å². The van der Waals surface area contributed by atoms with Crippen molar-refractivity contribution in [3.8, 4) is 11.4 Å². The van der Waals surface area contributed by atoms with Gasteiger partial charge in [-0.25, -0.2) is 0 Å². The first-order valence-corrected chi connectivity index (χ1v) is 5.93. The van der Waals surface area contributed by atoms with Gasteiger partial charge < -0.3 is 10.3 Å². The largest absolute Gasteiger partial charge is 0.339 e. The van der Waals surface area contributed by atoms with Gasteiger partial charge in [-0.05, 0) is 5.41 Å². The molecule has 0 aliphatic rings. The third-order valence-corrected chi connectivity index (χ3v) is 2.94. The van der Waals surface area contributed by atoms with Crippen LogP contribution in [0.5, 0.6) is 0 Å². The van der Waals surface area contributed by atoms with Crippen molar-refractivity contribution in [3.05, 3.63) is 18.3 Å². The fourth-order valence-corrected chi connectivity index (χ4v) is 1.49. The van der Waals surface area contributed by atoms with E-state index in [0.717, 1.165) is 5.56 Å². The molecule has 18 heavy (non-hydrogen) atoms. The van der Waals surface area contributed by atoms with E-state index in [1.807, 2.05) is 13.2 Å². The van der Waals surface area contributed by atoms with Gasteiger partial charge >= 0.3 is 0 Å². The van der Waals surface area contributed by atoms with Crippen LogP contribution in [-0.4, -0.2) is 26.0 Å². The fraction of sp³-hybridized carbons (Fsp3) is 0.583. The molecule has 6 nitrogen and oxygen atoms in total. The van der Waals surface area contributed by atoms with Crippen molar-refractivity contribution < 1.29 is 4.52 Å². The van der Waals surface area contributed by atoms with Crippen LogP contribution in [0.15, 0.2) is 16.9 Å². The maximum Gasteiger partial charge on any atom is 0.228 e. The summed E-state index contributed by atoms with van der Waals surface area (Å²) >= 11 is 0. The summed E-state index contributed by atoms with van der Waals surface area (Å²) in [6.45, 7) is 6.28. The molecule has 2 aromatic heterocycles. The lowest BCUT2D eigenvalue weighted by Gasteiger charge is -2.25. The molecule has 0 aliphatic carbocycles. The van der Waals surface area contributed by atoms with Gasteiger partial charge in [0.2, 0.25) is 11.7 Å². The van der Waals surface area contributed by atoms with Crippen LogP contribution < -0.4 is 5.73 Å². The zero-order chi connectivity index (χ0) is 13.3. The summed E-state index contributed by atoms with van der Waals surface area (Å²) in [6, 6.07) is -0.0142. The predicted octanol–water partition coefficient (Wildman–Crippen LogP) is 1.39. The quantitative estimate of drug-likeness (QED) is 0.888. The van der Waals surface area contributed by atoms with Crippen molar-refractivity contribution in [2.24, 2.45) is 18.2 Å².